The van der Waals surface area contributed by atoms with Crippen LogP contribution in [-0.2, 0) is 13.2 Å². The van der Waals surface area contributed by atoms with Crippen LogP contribution in [0, 0.1) is 6.92 Å². The number of benzene rings is 4. The highest BCUT2D eigenvalue weighted by atomic mass is 16.5. The molecule has 4 nitrogen and oxygen atoms in total. The lowest BCUT2D eigenvalue weighted by Gasteiger charge is -2.16. The lowest BCUT2D eigenvalue weighted by Crippen LogP contribution is -2.13. The van der Waals surface area contributed by atoms with Crippen LogP contribution in [0.5, 0.6) is 11.5 Å². The molecular weight excluding hydrogens is 420 g/mol. The van der Waals surface area contributed by atoms with Crippen molar-refractivity contribution in [2.75, 3.05) is 6.61 Å². The van der Waals surface area contributed by atoms with Crippen molar-refractivity contribution in [1.29, 1.82) is 0 Å². The quantitative estimate of drug-likeness (QED) is 0.249. The first-order valence-electron chi connectivity index (χ1n) is 11.9. The fourth-order valence-corrected chi connectivity index (χ4v) is 4.38. The molecule has 0 saturated carbocycles. The van der Waals surface area contributed by atoms with E-state index in [0.29, 0.717) is 25.7 Å². The molecule has 0 amide bonds. The van der Waals surface area contributed by atoms with Gasteiger partial charge in [0, 0.05) is 0 Å². The summed E-state index contributed by atoms with van der Waals surface area (Å²) in [5.41, 5.74) is 4.51. The molecule has 0 N–H and O–H groups in total. The number of rotatable bonds is 8. The zero-order chi connectivity index (χ0) is 23.5. The van der Waals surface area contributed by atoms with Crippen molar-refractivity contribution in [3.05, 3.63) is 102 Å². The van der Waals surface area contributed by atoms with Crippen molar-refractivity contribution in [3.63, 3.8) is 0 Å². The maximum Gasteiger partial charge on any atom is 0.148 e. The number of hydrogen-bond acceptors (Lipinski definition) is 3. The Kier molecular flexibility index (Phi) is 6.22. The number of aromatic nitrogens is 2. The summed E-state index contributed by atoms with van der Waals surface area (Å²) in [4.78, 5) is 4.86. The summed E-state index contributed by atoms with van der Waals surface area (Å²) in [6, 6.07) is 29.2. The Hall–Kier alpha value is -3.79. The summed E-state index contributed by atoms with van der Waals surface area (Å²) >= 11 is 0. The minimum atomic E-state index is 0.398. The highest BCUT2D eigenvalue weighted by Gasteiger charge is 2.13. The number of fused-ring (bicyclic) bond motifs is 2. The van der Waals surface area contributed by atoms with Gasteiger partial charge in [0.05, 0.1) is 17.6 Å². The molecular formula is C30H30N2O2. The zero-order valence-electron chi connectivity index (χ0n) is 20.0. The van der Waals surface area contributed by atoms with E-state index in [0.717, 1.165) is 28.4 Å². The lowest BCUT2D eigenvalue weighted by atomic mass is 10.0. The van der Waals surface area contributed by atoms with Gasteiger partial charge >= 0.3 is 0 Å². The van der Waals surface area contributed by atoms with Gasteiger partial charge in [0.25, 0.3) is 0 Å². The van der Waals surface area contributed by atoms with Gasteiger partial charge in [-0.3, -0.25) is 0 Å². The summed E-state index contributed by atoms with van der Waals surface area (Å²) in [7, 11) is 0. The summed E-state index contributed by atoms with van der Waals surface area (Å²) in [5, 5.41) is 2.37. The molecule has 0 aliphatic carbocycles. The van der Waals surface area contributed by atoms with Gasteiger partial charge in [0.1, 0.15) is 30.5 Å². The average molecular weight is 451 g/mol. The van der Waals surface area contributed by atoms with E-state index in [-0.39, 0.29) is 0 Å². The molecule has 34 heavy (non-hydrogen) atoms. The standard InChI is InChI=1S/C30H30N2O2/c1-21(2)26-15-12-22(3)18-29(26)33-17-16-32-28-11-7-6-10-27(28)31-30(32)20-34-25-14-13-23-8-4-5-9-24(23)19-25/h4-15,18-19,21H,16-17,20H2,1-3H3. The number of nitrogens with zero attached hydrogens (tertiary/aromatic N) is 2. The number of aryl methyl sites for hydroxylation is 1. The first-order chi connectivity index (χ1) is 16.6. The molecule has 0 aliphatic heterocycles. The van der Waals surface area contributed by atoms with Crippen molar-refractivity contribution in [1.82, 2.24) is 9.55 Å². The normalized spacial score (nSPS) is 11.4. The smallest absolute Gasteiger partial charge is 0.148 e. The van der Waals surface area contributed by atoms with Crippen molar-refractivity contribution in [2.45, 2.75) is 39.8 Å². The molecule has 0 aliphatic rings. The highest BCUT2D eigenvalue weighted by molar-refractivity contribution is 5.83. The lowest BCUT2D eigenvalue weighted by molar-refractivity contribution is 0.271. The zero-order valence-corrected chi connectivity index (χ0v) is 20.0. The van der Waals surface area contributed by atoms with E-state index in [1.807, 2.05) is 36.4 Å². The molecule has 0 bridgehead atoms. The monoisotopic (exact) mass is 450 g/mol. The number of para-hydroxylation sites is 2. The van der Waals surface area contributed by atoms with Crippen LogP contribution in [-0.4, -0.2) is 16.2 Å². The molecule has 5 aromatic rings. The Balaban J connectivity index is 1.35. The number of hydrogen-bond donors (Lipinski definition) is 0. The first-order valence-corrected chi connectivity index (χ1v) is 11.9. The van der Waals surface area contributed by atoms with Gasteiger partial charge in [-0.15, -0.1) is 0 Å². The molecule has 4 heteroatoms. The molecule has 0 spiro atoms. The molecule has 4 aromatic carbocycles. The predicted molar refractivity (Wildman–Crippen MR) is 139 cm³/mol. The van der Waals surface area contributed by atoms with Crippen LogP contribution in [0.4, 0.5) is 0 Å². The summed E-state index contributed by atoms with van der Waals surface area (Å²) < 4.78 is 14.7. The summed E-state index contributed by atoms with van der Waals surface area (Å²) in [5.74, 6) is 3.12. The van der Waals surface area contributed by atoms with Crippen LogP contribution in [0.1, 0.15) is 36.7 Å². The second-order valence-corrected chi connectivity index (χ2v) is 9.01. The van der Waals surface area contributed by atoms with Gasteiger partial charge in [-0.2, -0.15) is 0 Å². The summed E-state index contributed by atoms with van der Waals surface area (Å²) in [6.45, 7) is 8.15. The molecule has 0 fully saturated rings. The Bertz CT molecular complexity index is 1430. The van der Waals surface area contributed by atoms with Crippen molar-refractivity contribution in [2.24, 2.45) is 0 Å². The molecule has 172 valence electrons. The Morgan fingerprint density at radius 2 is 1.62 bits per heavy atom. The van der Waals surface area contributed by atoms with Gasteiger partial charge in [-0.1, -0.05) is 68.4 Å². The third-order valence-electron chi connectivity index (χ3n) is 6.19. The number of ether oxygens (including phenoxy) is 2. The van der Waals surface area contributed by atoms with E-state index in [1.54, 1.807) is 0 Å². The molecule has 1 aromatic heterocycles. The SMILES string of the molecule is Cc1ccc(C(C)C)c(OCCn2c(COc3ccc4ccccc4c3)nc3ccccc32)c1. The fourth-order valence-electron chi connectivity index (χ4n) is 4.38. The molecule has 0 atom stereocenters. The third kappa shape index (κ3) is 4.62. The Morgan fingerprint density at radius 3 is 2.47 bits per heavy atom. The topological polar surface area (TPSA) is 36.3 Å². The van der Waals surface area contributed by atoms with E-state index < -0.39 is 0 Å². The average Bonchev–Trinajstić information content (AvgIpc) is 3.20. The second-order valence-electron chi connectivity index (χ2n) is 9.01. The van der Waals surface area contributed by atoms with Crippen LogP contribution in [0.2, 0.25) is 0 Å². The van der Waals surface area contributed by atoms with E-state index in [9.17, 15) is 0 Å². The van der Waals surface area contributed by atoms with Crippen LogP contribution < -0.4 is 9.47 Å². The predicted octanol–water partition coefficient (Wildman–Crippen LogP) is 7.28. The van der Waals surface area contributed by atoms with Gasteiger partial charge in [-0.05, 0) is 65.1 Å². The third-order valence-corrected chi connectivity index (χ3v) is 6.19. The molecule has 0 saturated heterocycles. The van der Waals surface area contributed by atoms with Gasteiger partial charge in [0.15, 0.2) is 0 Å². The Labute approximate surface area is 200 Å². The van der Waals surface area contributed by atoms with Gasteiger partial charge < -0.3 is 14.0 Å². The van der Waals surface area contributed by atoms with Crippen LogP contribution in [0.25, 0.3) is 21.8 Å². The first kappa shape index (κ1) is 22.0. The van der Waals surface area contributed by atoms with Gasteiger partial charge in [-0.25, -0.2) is 4.98 Å². The van der Waals surface area contributed by atoms with Crippen molar-refractivity contribution >= 4 is 21.8 Å². The highest BCUT2D eigenvalue weighted by Crippen LogP contribution is 2.28. The minimum Gasteiger partial charge on any atom is -0.491 e. The number of imidazole rings is 1. The second kappa shape index (κ2) is 9.60. The van der Waals surface area contributed by atoms with E-state index in [1.165, 1.54) is 21.9 Å². The van der Waals surface area contributed by atoms with Crippen LogP contribution in [0.15, 0.2) is 84.9 Å². The Morgan fingerprint density at radius 1 is 0.824 bits per heavy atom. The van der Waals surface area contributed by atoms with E-state index in [2.05, 4.69) is 73.9 Å². The van der Waals surface area contributed by atoms with Crippen molar-refractivity contribution < 1.29 is 9.47 Å². The van der Waals surface area contributed by atoms with Gasteiger partial charge in [0.2, 0.25) is 0 Å². The van der Waals surface area contributed by atoms with Crippen molar-refractivity contribution in [3.8, 4) is 11.5 Å². The van der Waals surface area contributed by atoms with E-state index in [4.69, 9.17) is 14.5 Å². The fraction of sp³-hybridized carbons (Fsp3) is 0.233. The van der Waals surface area contributed by atoms with E-state index >= 15 is 0 Å². The molecule has 5 rings (SSSR count). The summed E-state index contributed by atoms with van der Waals surface area (Å²) in [6.07, 6.45) is 0. The largest absolute Gasteiger partial charge is 0.491 e. The molecule has 0 unspecified atom stereocenters. The molecule has 1 heterocycles. The maximum absolute atomic E-state index is 6.28. The maximum atomic E-state index is 6.28. The van der Waals surface area contributed by atoms with Crippen LogP contribution in [0.3, 0.4) is 0 Å². The van der Waals surface area contributed by atoms with Crippen LogP contribution >= 0.6 is 0 Å². The molecule has 0 radical (unpaired) electrons. The minimum absolute atomic E-state index is 0.398.